The highest BCUT2D eigenvalue weighted by molar-refractivity contribution is 7.90. The van der Waals surface area contributed by atoms with E-state index in [-0.39, 0.29) is 23.2 Å². The monoisotopic (exact) mass is 426 g/mol. The summed E-state index contributed by atoms with van der Waals surface area (Å²) >= 11 is 0. The average molecular weight is 427 g/mol. The minimum absolute atomic E-state index is 0. The first-order valence-electron chi connectivity index (χ1n) is 8.65. The molecular weight excluding hydrogens is 400 g/mol. The quantitative estimate of drug-likeness (QED) is 0.655. The van der Waals surface area contributed by atoms with Crippen LogP contribution in [0.4, 0.5) is 0 Å². The topological polar surface area (TPSA) is 89.7 Å². The Morgan fingerprint density at radius 3 is 2.21 bits per heavy atom. The van der Waals surface area contributed by atoms with Crippen LogP contribution in [-0.4, -0.2) is 45.7 Å². The summed E-state index contributed by atoms with van der Waals surface area (Å²) in [7, 11) is -1.49. The number of hydrogen-bond acceptors (Lipinski definition) is 5. The predicted molar refractivity (Wildman–Crippen MR) is 113 cm³/mol. The fourth-order valence-electron chi connectivity index (χ4n) is 2.68. The van der Waals surface area contributed by atoms with Crippen LogP contribution in [0, 0.1) is 0 Å². The van der Waals surface area contributed by atoms with Crippen molar-refractivity contribution < 1.29 is 17.9 Å². The number of rotatable bonds is 8. The van der Waals surface area contributed by atoms with Crippen molar-refractivity contribution in [3.8, 4) is 5.75 Å². The molecule has 0 radical (unpaired) electrons. The summed E-state index contributed by atoms with van der Waals surface area (Å²) in [5.41, 5.74) is 5.94. The van der Waals surface area contributed by atoms with E-state index in [0.29, 0.717) is 25.3 Å². The van der Waals surface area contributed by atoms with Crippen LogP contribution in [0.2, 0.25) is 0 Å². The molecule has 2 aromatic carbocycles. The van der Waals surface area contributed by atoms with Crippen molar-refractivity contribution in [3.05, 3.63) is 60.2 Å². The fraction of sp³-hybridized carbons (Fsp3) is 0.350. The summed E-state index contributed by atoms with van der Waals surface area (Å²) in [6.45, 7) is 2.61. The van der Waals surface area contributed by atoms with Gasteiger partial charge < -0.3 is 15.4 Å². The van der Waals surface area contributed by atoms with E-state index in [1.807, 2.05) is 30.3 Å². The van der Waals surface area contributed by atoms with Gasteiger partial charge in [-0.2, -0.15) is 0 Å². The molecule has 0 aliphatic rings. The Morgan fingerprint density at radius 1 is 1.11 bits per heavy atom. The van der Waals surface area contributed by atoms with Gasteiger partial charge in [-0.3, -0.25) is 4.79 Å². The number of carbonyl (C=O) groups is 1. The Labute approximate surface area is 173 Å². The smallest absolute Gasteiger partial charge is 0.246 e. The maximum Gasteiger partial charge on any atom is 0.246 e. The van der Waals surface area contributed by atoms with E-state index in [1.165, 1.54) is 12.1 Å². The van der Waals surface area contributed by atoms with Crippen molar-refractivity contribution in [1.82, 2.24) is 4.90 Å². The molecule has 0 fully saturated rings. The zero-order valence-electron chi connectivity index (χ0n) is 16.3. The fourth-order valence-corrected chi connectivity index (χ4v) is 3.31. The molecule has 0 bridgehead atoms. The van der Waals surface area contributed by atoms with Gasteiger partial charge in [-0.15, -0.1) is 12.4 Å². The molecule has 1 amide bonds. The first kappa shape index (κ1) is 23.9. The molecule has 0 aromatic heterocycles. The van der Waals surface area contributed by atoms with Gasteiger partial charge in [0.1, 0.15) is 11.3 Å². The number of nitrogens with zero attached hydrogens (tertiary/aromatic N) is 1. The second-order valence-corrected chi connectivity index (χ2v) is 8.76. The second kappa shape index (κ2) is 9.91. The Morgan fingerprint density at radius 2 is 1.68 bits per heavy atom. The van der Waals surface area contributed by atoms with Crippen LogP contribution in [0.3, 0.4) is 0 Å². The van der Waals surface area contributed by atoms with Crippen molar-refractivity contribution >= 4 is 28.2 Å². The van der Waals surface area contributed by atoms with Crippen molar-refractivity contribution in [1.29, 1.82) is 0 Å². The number of sulfone groups is 1. The number of benzene rings is 2. The van der Waals surface area contributed by atoms with Crippen molar-refractivity contribution in [3.63, 3.8) is 0 Å². The van der Waals surface area contributed by atoms with Gasteiger partial charge in [0.25, 0.3) is 0 Å². The van der Waals surface area contributed by atoms with Gasteiger partial charge in [-0.1, -0.05) is 30.3 Å². The summed E-state index contributed by atoms with van der Waals surface area (Å²) in [6, 6.07) is 15.6. The molecule has 2 rings (SSSR count). The third-order valence-corrected chi connectivity index (χ3v) is 5.45. The van der Waals surface area contributed by atoms with Gasteiger partial charge in [0.2, 0.25) is 5.91 Å². The highest BCUT2D eigenvalue weighted by Gasteiger charge is 2.32. The number of carbonyl (C=O) groups excluding carboxylic acids is 1. The van der Waals surface area contributed by atoms with Gasteiger partial charge >= 0.3 is 0 Å². The van der Waals surface area contributed by atoms with Gasteiger partial charge in [0.05, 0.1) is 11.5 Å². The molecule has 0 aliphatic carbocycles. The normalized spacial score (nSPS) is 13.1. The first-order valence-corrected chi connectivity index (χ1v) is 10.5. The highest BCUT2D eigenvalue weighted by atomic mass is 35.5. The summed E-state index contributed by atoms with van der Waals surface area (Å²) in [6.07, 6.45) is 1.79. The molecule has 0 spiro atoms. The molecule has 2 aromatic rings. The average Bonchev–Trinajstić information content (AvgIpc) is 2.64. The summed E-state index contributed by atoms with van der Waals surface area (Å²) in [4.78, 5) is 14.5. The number of hydrogen-bond donors (Lipinski definition) is 1. The minimum atomic E-state index is -3.21. The molecule has 6 nitrogen and oxygen atoms in total. The summed E-state index contributed by atoms with van der Waals surface area (Å²) < 4.78 is 28.5. The molecule has 2 N–H and O–H groups in total. The lowest BCUT2D eigenvalue weighted by Crippen LogP contribution is -2.50. The third kappa shape index (κ3) is 6.22. The van der Waals surface area contributed by atoms with E-state index in [2.05, 4.69) is 0 Å². The Kier molecular flexibility index (Phi) is 8.48. The van der Waals surface area contributed by atoms with Crippen LogP contribution in [0.1, 0.15) is 18.9 Å². The Balaban J connectivity index is 0.00000392. The lowest BCUT2D eigenvalue weighted by Gasteiger charge is -2.29. The maximum atomic E-state index is 12.7. The van der Waals surface area contributed by atoms with Crippen molar-refractivity contribution in [2.45, 2.75) is 23.8 Å². The van der Waals surface area contributed by atoms with Crippen molar-refractivity contribution in [2.75, 3.05) is 26.5 Å². The third-order valence-electron chi connectivity index (χ3n) is 4.32. The van der Waals surface area contributed by atoms with E-state index >= 15 is 0 Å². The molecule has 28 heavy (non-hydrogen) atoms. The van der Waals surface area contributed by atoms with E-state index in [9.17, 15) is 13.2 Å². The van der Waals surface area contributed by atoms with Gasteiger partial charge in [-0.05, 0) is 43.2 Å². The molecular formula is C20H27ClN2O4S. The first-order chi connectivity index (χ1) is 12.6. The van der Waals surface area contributed by atoms with E-state index in [4.69, 9.17) is 10.5 Å². The SMILES string of the molecule is CN(CCCOc1ccc(S(C)(=O)=O)cc1)C(=O)C(C)(N)c1ccccc1.Cl. The maximum absolute atomic E-state index is 12.7. The number of ether oxygens (including phenoxy) is 1. The van der Waals surface area contributed by atoms with Crippen LogP contribution in [0.5, 0.6) is 5.75 Å². The molecule has 154 valence electrons. The van der Waals surface area contributed by atoms with Crippen LogP contribution < -0.4 is 10.5 Å². The van der Waals surface area contributed by atoms with Crippen LogP contribution >= 0.6 is 12.4 Å². The number of amides is 1. The molecule has 0 aliphatic heterocycles. The van der Waals surface area contributed by atoms with Crippen LogP contribution in [-0.2, 0) is 20.2 Å². The van der Waals surface area contributed by atoms with Crippen LogP contribution in [0.15, 0.2) is 59.5 Å². The van der Waals surface area contributed by atoms with E-state index < -0.39 is 15.4 Å². The zero-order chi connectivity index (χ0) is 20.1. The Hall–Kier alpha value is -2.09. The van der Waals surface area contributed by atoms with E-state index in [1.54, 1.807) is 31.0 Å². The van der Waals surface area contributed by atoms with Gasteiger partial charge in [-0.25, -0.2) is 8.42 Å². The molecule has 8 heteroatoms. The summed E-state index contributed by atoms with van der Waals surface area (Å²) in [5, 5.41) is 0. The van der Waals surface area contributed by atoms with Gasteiger partial charge in [0, 0.05) is 19.8 Å². The second-order valence-electron chi connectivity index (χ2n) is 6.74. The number of nitrogens with two attached hydrogens (primary N) is 1. The van der Waals surface area contributed by atoms with Crippen molar-refractivity contribution in [2.24, 2.45) is 5.73 Å². The predicted octanol–water partition coefficient (Wildman–Crippen LogP) is 2.61. The zero-order valence-corrected chi connectivity index (χ0v) is 17.9. The van der Waals surface area contributed by atoms with E-state index in [0.717, 1.165) is 11.8 Å². The summed E-state index contributed by atoms with van der Waals surface area (Å²) in [5.74, 6) is 0.426. The number of halogens is 1. The lowest BCUT2D eigenvalue weighted by molar-refractivity contribution is -0.135. The molecule has 0 saturated heterocycles. The van der Waals surface area contributed by atoms with Crippen LogP contribution in [0.25, 0.3) is 0 Å². The number of likely N-dealkylation sites (N-methyl/N-ethyl adjacent to an activating group) is 1. The minimum Gasteiger partial charge on any atom is -0.494 e. The molecule has 0 heterocycles. The highest BCUT2D eigenvalue weighted by Crippen LogP contribution is 2.20. The molecule has 1 unspecified atom stereocenters. The lowest BCUT2D eigenvalue weighted by atomic mass is 9.92. The standard InChI is InChI=1S/C20H26N2O4S.ClH/c1-20(21,16-8-5-4-6-9-16)19(23)22(2)14-7-15-26-17-10-12-18(13-11-17)27(3,24)25;/h4-6,8-13H,7,14-15,21H2,1-3H3;1H. The molecule has 1 atom stereocenters. The largest absolute Gasteiger partial charge is 0.494 e. The Bertz CT molecular complexity index is 869. The molecule has 0 saturated carbocycles. The van der Waals surface area contributed by atoms with Gasteiger partial charge in [0.15, 0.2) is 9.84 Å².